The summed E-state index contributed by atoms with van der Waals surface area (Å²) in [6.07, 6.45) is 5.81. The Balaban J connectivity index is 3.25. The van der Waals surface area contributed by atoms with Crippen molar-refractivity contribution < 1.29 is 53.3 Å². The molecule has 0 spiro atoms. The summed E-state index contributed by atoms with van der Waals surface area (Å²) in [5.74, 6) is -8.06. The molecule has 10 atom stereocenters. The van der Waals surface area contributed by atoms with Crippen molar-refractivity contribution in [2.45, 2.75) is 199 Å². The summed E-state index contributed by atoms with van der Waals surface area (Å²) >= 11 is 0. The molecule has 0 bridgehead atoms. The van der Waals surface area contributed by atoms with Gasteiger partial charge in [-0.25, -0.2) is 4.79 Å². The molecule has 0 radical (unpaired) electrons. The number of aliphatic hydroxyl groups excluding tert-OH is 2. The number of carbonyl (C=O) groups excluding carboxylic acids is 8. The Labute approximate surface area is 377 Å². The number of aliphatic imine (C=N–C) groups is 1. The van der Waals surface area contributed by atoms with Crippen molar-refractivity contribution in [2.24, 2.45) is 34.0 Å². The highest BCUT2D eigenvalue weighted by atomic mass is 16.5. The first-order valence-corrected chi connectivity index (χ1v) is 22.8. The van der Waals surface area contributed by atoms with Gasteiger partial charge in [-0.1, -0.05) is 91.9 Å². The van der Waals surface area contributed by atoms with Crippen LogP contribution in [0.5, 0.6) is 0 Å². The zero-order valence-electron chi connectivity index (χ0n) is 38.9. The van der Waals surface area contributed by atoms with Gasteiger partial charge in [-0.15, -0.1) is 0 Å². The number of unbranched alkanes of at least 4 members (excludes halogenated alkanes) is 9. The van der Waals surface area contributed by atoms with Crippen LogP contribution in [0, 0.1) is 11.8 Å². The molecular formula is C43H78N10O11. The minimum Gasteiger partial charge on any atom is -0.458 e. The predicted molar refractivity (Wildman–Crippen MR) is 239 cm³/mol. The summed E-state index contributed by atoms with van der Waals surface area (Å²) in [5, 5.41) is 36.4. The summed E-state index contributed by atoms with van der Waals surface area (Å²) in [7, 11) is 0. The lowest BCUT2D eigenvalue weighted by atomic mass is 9.95. The van der Waals surface area contributed by atoms with Crippen LogP contribution in [0.2, 0.25) is 0 Å². The van der Waals surface area contributed by atoms with Gasteiger partial charge in [0.2, 0.25) is 41.4 Å². The molecule has 14 N–H and O–H groups in total. The Bertz CT molecular complexity index is 1560. The fourth-order valence-corrected chi connectivity index (χ4v) is 6.97. The zero-order chi connectivity index (χ0) is 48.5. The fraction of sp³-hybridized carbons (Fsp3) is 0.791. The third-order valence-electron chi connectivity index (χ3n) is 11.2. The van der Waals surface area contributed by atoms with Crippen molar-refractivity contribution >= 4 is 53.3 Å². The zero-order valence-corrected chi connectivity index (χ0v) is 38.9. The van der Waals surface area contributed by atoms with Gasteiger partial charge in [-0.3, -0.25) is 38.6 Å². The Hall–Kier alpha value is -5.05. The van der Waals surface area contributed by atoms with E-state index in [1.165, 1.54) is 20.8 Å². The van der Waals surface area contributed by atoms with E-state index >= 15 is 0 Å². The number of carbonyl (C=O) groups is 8. The van der Waals surface area contributed by atoms with Gasteiger partial charge in [0.05, 0.1) is 18.6 Å². The molecule has 3 unspecified atom stereocenters. The van der Waals surface area contributed by atoms with Gasteiger partial charge in [0, 0.05) is 13.0 Å². The maximum Gasteiger partial charge on any atom is 0.328 e. The normalized spacial score (nSPS) is 24.5. The van der Waals surface area contributed by atoms with Gasteiger partial charge in [-0.2, -0.15) is 0 Å². The second-order valence-electron chi connectivity index (χ2n) is 17.3. The van der Waals surface area contributed by atoms with E-state index in [1.54, 1.807) is 27.7 Å². The monoisotopic (exact) mass is 911 g/mol. The van der Waals surface area contributed by atoms with Crippen LogP contribution in [0.4, 0.5) is 0 Å². The van der Waals surface area contributed by atoms with E-state index in [-0.39, 0.29) is 25.2 Å². The van der Waals surface area contributed by atoms with Gasteiger partial charge in [0.15, 0.2) is 5.96 Å². The van der Waals surface area contributed by atoms with Crippen LogP contribution in [0.3, 0.4) is 0 Å². The average molecular weight is 911 g/mol. The highest BCUT2D eigenvalue weighted by Gasteiger charge is 2.39. The van der Waals surface area contributed by atoms with E-state index in [1.807, 2.05) is 0 Å². The fourth-order valence-electron chi connectivity index (χ4n) is 6.97. The van der Waals surface area contributed by atoms with E-state index in [2.05, 4.69) is 36.9 Å². The Morgan fingerprint density at radius 2 is 1.22 bits per heavy atom. The maximum atomic E-state index is 14.0. The van der Waals surface area contributed by atoms with Crippen LogP contribution >= 0.6 is 0 Å². The lowest BCUT2D eigenvalue weighted by Gasteiger charge is -2.31. The van der Waals surface area contributed by atoms with Crippen molar-refractivity contribution in [3.63, 3.8) is 0 Å². The first-order chi connectivity index (χ1) is 30.1. The van der Waals surface area contributed by atoms with Crippen molar-refractivity contribution in [2.75, 3.05) is 6.54 Å². The molecule has 1 saturated heterocycles. The van der Waals surface area contributed by atoms with E-state index in [0.29, 0.717) is 25.8 Å². The third kappa shape index (κ3) is 22.0. The second kappa shape index (κ2) is 30.2. The molecule has 1 aliphatic rings. The van der Waals surface area contributed by atoms with Gasteiger partial charge >= 0.3 is 5.97 Å². The van der Waals surface area contributed by atoms with Gasteiger partial charge in [-0.05, 0) is 51.9 Å². The third-order valence-corrected chi connectivity index (χ3v) is 11.2. The number of hydrogen-bond acceptors (Lipinski definition) is 12. The largest absolute Gasteiger partial charge is 0.458 e. The molecule has 1 rings (SSSR count). The molecule has 7 amide bonds. The molecule has 1 aliphatic heterocycles. The van der Waals surface area contributed by atoms with E-state index in [9.17, 15) is 48.6 Å². The molecule has 0 aromatic heterocycles. The minimum atomic E-state index is -1.64. The van der Waals surface area contributed by atoms with Crippen molar-refractivity contribution in [3.8, 4) is 0 Å². The van der Waals surface area contributed by atoms with Gasteiger partial charge in [0.25, 0.3) is 0 Å². The lowest BCUT2D eigenvalue weighted by molar-refractivity contribution is -0.155. The number of guanidine groups is 1. The molecular weight excluding hydrogens is 833 g/mol. The van der Waals surface area contributed by atoms with E-state index in [4.69, 9.17) is 21.9 Å². The average Bonchev–Trinajstić information content (AvgIpc) is 3.21. The number of cyclic esters (lactones) is 1. The number of nitrogens with two attached hydrogens (primary N) is 3. The molecule has 21 heteroatoms. The predicted octanol–water partition coefficient (Wildman–Crippen LogP) is -0.476. The summed E-state index contributed by atoms with van der Waals surface area (Å²) < 4.78 is 5.57. The van der Waals surface area contributed by atoms with Gasteiger partial charge in [0.1, 0.15) is 42.4 Å². The van der Waals surface area contributed by atoms with Crippen molar-refractivity contribution in [1.29, 1.82) is 0 Å². The summed E-state index contributed by atoms with van der Waals surface area (Å²) in [5.41, 5.74) is 16.0. The number of nitrogens with zero attached hydrogens (tertiary/aromatic N) is 1. The number of esters is 1. The Kier molecular flexibility index (Phi) is 26.8. The molecule has 0 saturated carbocycles. The molecule has 0 aromatic carbocycles. The molecule has 1 fully saturated rings. The SMILES string of the molecule is CC[C@H](C)[C@@H]1NC(=O)C(C(C)C)NC(=O)[C@@H](NC(=O)CC(O)CCCCCCCCCCCCN=C(N)N)[C@@H](C)OC(=O)[C@@H](C)NC(=O)[C@@H](CCC(N)=O)NC(=O)C([C@@H](C)O)NC1=O. The number of hydrogen-bond donors (Lipinski definition) is 11. The highest BCUT2D eigenvalue weighted by molar-refractivity contribution is 5.97. The van der Waals surface area contributed by atoms with Crippen molar-refractivity contribution in [3.05, 3.63) is 0 Å². The minimum absolute atomic E-state index is 0.113. The maximum absolute atomic E-state index is 14.0. The van der Waals surface area contributed by atoms with Crippen LogP contribution in [-0.2, 0) is 43.1 Å². The highest BCUT2D eigenvalue weighted by Crippen LogP contribution is 2.15. The number of amides is 7. The van der Waals surface area contributed by atoms with Crippen LogP contribution in [-0.4, -0.2) is 125 Å². The molecule has 0 aliphatic carbocycles. The van der Waals surface area contributed by atoms with Crippen LogP contribution in [0.15, 0.2) is 4.99 Å². The van der Waals surface area contributed by atoms with Gasteiger partial charge < -0.3 is 64.1 Å². The number of aliphatic hydroxyl groups is 2. The summed E-state index contributed by atoms with van der Waals surface area (Å²) in [4.78, 5) is 111. The number of primary amides is 1. The molecule has 1 heterocycles. The molecule has 366 valence electrons. The number of nitrogens with one attached hydrogen (secondary N) is 6. The summed E-state index contributed by atoms with van der Waals surface area (Å²) in [6, 6.07) is -8.68. The summed E-state index contributed by atoms with van der Waals surface area (Å²) in [6.45, 7) is 11.2. The number of rotatable bonds is 23. The van der Waals surface area contributed by atoms with E-state index in [0.717, 1.165) is 57.8 Å². The molecule has 0 aromatic rings. The number of ether oxygens (including phenoxy) is 1. The quantitative estimate of drug-likeness (QED) is 0.0268. The first kappa shape index (κ1) is 57.0. The lowest BCUT2D eigenvalue weighted by Crippen LogP contribution is -2.63. The van der Waals surface area contributed by atoms with Crippen molar-refractivity contribution in [1.82, 2.24) is 31.9 Å². The smallest absolute Gasteiger partial charge is 0.328 e. The van der Waals surface area contributed by atoms with E-state index < -0.39 is 114 Å². The Morgan fingerprint density at radius 1 is 0.703 bits per heavy atom. The first-order valence-electron chi connectivity index (χ1n) is 22.8. The molecule has 21 nitrogen and oxygen atoms in total. The topological polar surface area (TPSA) is 349 Å². The van der Waals surface area contributed by atoms with Crippen LogP contribution < -0.4 is 49.1 Å². The Morgan fingerprint density at radius 3 is 1.75 bits per heavy atom. The van der Waals surface area contributed by atoms with Crippen LogP contribution in [0.1, 0.15) is 145 Å². The van der Waals surface area contributed by atoms with Crippen LogP contribution in [0.25, 0.3) is 0 Å². The standard InChI is InChI=1S/C43H78N10O11/c1-8-25(4)34-39(60)53-35(27(6)54)40(61)49-30(20-21-31(44)56)37(58)48-26(5)42(63)64-28(7)36(41(62)51-33(24(2)3)38(59)52-34)50-32(57)23-29(55)19-17-15-13-11-9-10-12-14-16-18-22-47-43(45)46/h24-30,33-36,54-55H,8-23H2,1-7H3,(H2,44,56)(H,48,58)(H,49,61)(H,50,57)(H,51,62)(H,52,59)(H,53,60)(H4,45,46,47)/t25-,26+,27+,28+,29?,30+,33?,34-,35?,36-/m0/s1. The second-order valence-corrected chi connectivity index (χ2v) is 17.3. The molecule has 64 heavy (non-hydrogen) atoms.